The van der Waals surface area contributed by atoms with Crippen molar-refractivity contribution in [3.05, 3.63) is 53.1 Å². The van der Waals surface area contributed by atoms with Crippen LogP contribution in [0.15, 0.2) is 42.5 Å². The minimum Gasteiger partial charge on any atom is -0.406 e. The summed E-state index contributed by atoms with van der Waals surface area (Å²) in [5.74, 6) is -0.177. The molecular formula is C26H31ClF3N3O3. The first kappa shape index (κ1) is 26.4. The summed E-state index contributed by atoms with van der Waals surface area (Å²) < 4.78 is 47.3. The molecule has 1 amide bonds. The minimum atomic E-state index is -4.70. The SMILES string of the molecule is Cc1cc(NC2CCC(OCC(=O)N3CCN(c4ccc(Cl)cc4)CC3)CC2)ccc1OC(F)(F)F. The number of ether oxygens (including phenoxy) is 2. The van der Waals surface area contributed by atoms with Gasteiger partial charge >= 0.3 is 6.36 Å². The number of piperazine rings is 1. The van der Waals surface area contributed by atoms with E-state index in [1.807, 2.05) is 29.2 Å². The van der Waals surface area contributed by atoms with Crippen molar-refractivity contribution in [3.8, 4) is 5.75 Å². The third-order valence-corrected chi connectivity index (χ3v) is 6.96. The Kier molecular flexibility index (Phi) is 8.51. The minimum absolute atomic E-state index is 0.0163. The molecule has 4 rings (SSSR count). The molecule has 2 fully saturated rings. The van der Waals surface area contributed by atoms with Crippen LogP contribution in [0.25, 0.3) is 0 Å². The number of hydrogen-bond acceptors (Lipinski definition) is 5. The molecule has 1 aliphatic carbocycles. The van der Waals surface area contributed by atoms with E-state index in [0.717, 1.165) is 50.1 Å². The van der Waals surface area contributed by atoms with E-state index in [0.29, 0.717) is 23.7 Å². The second kappa shape index (κ2) is 11.6. The standard InChI is InChI=1S/C26H31ClF3N3O3/c1-18-16-21(6-11-24(18)36-26(28,29)30)31-20-4-9-23(10-5-20)35-17-25(34)33-14-12-32(13-15-33)22-7-2-19(27)3-8-22/h2-3,6-8,11,16,20,23,31H,4-5,9-10,12-15,17H2,1H3. The van der Waals surface area contributed by atoms with Crippen molar-refractivity contribution < 1.29 is 27.4 Å². The van der Waals surface area contributed by atoms with E-state index in [4.69, 9.17) is 16.3 Å². The van der Waals surface area contributed by atoms with Gasteiger partial charge in [0, 0.05) is 48.6 Å². The van der Waals surface area contributed by atoms with Crippen LogP contribution < -0.4 is 15.0 Å². The first-order valence-electron chi connectivity index (χ1n) is 12.2. The molecule has 2 aromatic rings. The molecule has 1 saturated carbocycles. The molecule has 0 atom stereocenters. The third-order valence-electron chi connectivity index (χ3n) is 6.71. The lowest BCUT2D eigenvalue weighted by Gasteiger charge is -2.36. The average Bonchev–Trinajstić information content (AvgIpc) is 2.85. The van der Waals surface area contributed by atoms with E-state index < -0.39 is 6.36 Å². The van der Waals surface area contributed by atoms with Gasteiger partial charge in [0.15, 0.2) is 0 Å². The van der Waals surface area contributed by atoms with Crippen LogP contribution in [0.2, 0.25) is 5.02 Å². The zero-order valence-electron chi connectivity index (χ0n) is 20.2. The lowest BCUT2D eigenvalue weighted by Crippen LogP contribution is -2.50. The molecule has 0 bridgehead atoms. The summed E-state index contributed by atoms with van der Waals surface area (Å²) in [5, 5.41) is 4.10. The molecule has 1 aliphatic heterocycles. The summed E-state index contributed by atoms with van der Waals surface area (Å²) in [4.78, 5) is 16.8. The third kappa shape index (κ3) is 7.43. The van der Waals surface area contributed by atoms with E-state index in [2.05, 4.69) is 15.0 Å². The van der Waals surface area contributed by atoms with Crippen LogP contribution in [0.4, 0.5) is 24.5 Å². The molecule has 196 valence electrons. The number of nitrogens with one attached hydrogen (secondary N) is 1. The molecule has 0 radical (unpaired) electrons. The highest BCUT2D eigenvalue weighted by molar-refractivity contribution is 6.30. The van der Waals surface area contributed by atoms with E-state index in [1.165, 1.54) is 6.07 Å². The first-order chi connectivity index (χ1) is 17.2. The van der Waals surface area contributed by atoms with Gasteiger partial charge in [0.05, 0.1) is 6.10 Å². The monoisotopic (exact) mass is 525 g/mol. The molecule has 0 aromatic heterocycles. The number of amides is 1. The smallest absolute Gasteiger partial charge is 0.406 e. The van der Waals surface area contributed by atoms with Crippen LogP contribution >= 0.6 is 11.6 Å². The number of anilines is 2. The maximum atomic E-state index is 12.7. The number of carbonyl (C=O) groups is 1. The van der Waals surface area contributed by atoms with Gasteiger partial charge in [-0.25, -0.2) is 0 Å². The average molecular weight is 526 g/mol. The Morgan fingerprint density at radius 1 is 1.03 bits per heavy atom. The van der Waals surface area contributed by atoms with Gasteiger partial charge in [0.2, 0.25) is 5.91 Å². The predicted molar refractivity (Wildman–Crippen MR) is 134 cm³/mol. The number of nitrogens with zero attached hydrogens (tertiary/aromatic N) is 2. The summed E-state index contributed by atoms with van der Waals surface area (Å²) in [5.41, 5.74) is 2.29. The fraction of sp³-hybridized carbons (Fsp3) is 0.500. The van der Waals surface area contributed by atoms with E-state index in [1.54, 1.807) is 19.1 Å². The topological polar surface area (TPSA) is 54.0 Å². The van der Waals surface area contributed by atoms with Crippen LogP contribution in [0.3, 0.4) is 0 Å². The number of carbonyl (C=O) groups excluding carboxylic acids is 1. The van der Waals surface area contributed by atoms with Gasteiger partial charge < -0.3 is 24.6 Å². The second-order valence-corrected chi connectivity index (χ2v) is 9.74. The van der Waals surface area contributed by atoms with Gasteiger partial charge in [-0.15, -0.1) is 13.2 Å². The van der Waals surface area contributed by atoms with Crippen LogP contribution in [-0.4, -0.2) is 62.1 Å². The van der Waals surface area contributed by atoms with Crippen LogP contribution in [0, 0.1) is 6.92 Å². The molecule has 1 heterocycles. The summed E-state index contributed by atoms with van der Waals surface area (Å²) in [6, 6.07) is 12.5. The van der Waals surface area contributed by atoms with Crippen LogP contribution in [0.5, 0.6) is 5.75 Å². The Morgan fingerprint density at radius 3 is 2.31 bits per heavy atom. The highest BCUT2D eigenvalue weighted by Gasteiger charge is 2.32. The Balaban J connectivity index is 1.15. The Bertz CT molecular complexity index is 1020. The quantitative estimate of drug-likeness (QED) is 0.507. The summed E-state index contributed by atoms with van der Waals surface area (Å²) >= 11 is 5.96. The van der Waals surface area contributed by atoms with Crippen molar-refractivity contribution in [3.63, 3.8) is 0 Å². The van der Waals surface area contributed by atoms with Crippen molar-refractivity contribution in [2.75, 3.05) is 43.0 Å². The van der Waals surface area contributed by atoms with Gasteiger partial charge in [-0.05, 0) is 80.6 Å². The van der Waals surface area contributed by atoms with Gasteiger partial charge in [0.1, 0.15) is 12.4 Å². The van der Waals surface area contributed by atoms with Gasteiger partial charge in [0.25, 0.3) is 0 Å². The maximum Gasteiger partial charge on any atom is 0.573 e. The second-order valence-electron chi connectivity index (χ2n) is 9.30. The fourth-order valence-electron chi connectivity index (χ4n) is 4.73. The van der Waals surface area contributed by atoms with Crippen molar-refractivity contribution in [1.82, 2.24) is 4.90 Å². The molecule has 2 aromatic carbocycles. The molecule has 0 spiro atoms. The Labute approximate surface area is 214 Å². The van der Waals surface area contributed by atoms with Crippen LogP contribution in [-0.2, 0) is 9.53 Å². The summed E-state index contributed by atoms with van der Waals surface area (Å²) in [6.07, 6.45) is -1.30. The molecule has 1 saturated heterocycles. The van der Waals surface area contributed by atoms with Gasteiger partial charge in [-0.1, -0.05) is 11.6 Å². The lowest BCUT2D eigenvalue weighted by molar-refractivity contribution is -0.274. The Hall–Kier alpha value is -2.65. The highest BCUT2D eigenvalue weighted by Crippen LogP contribution is 2.30. The van der Waals surface area contributed by atoms with Crippen molar-refractivity contribution in [2.45, 2.75) is 51.1 Å². The molecular weight excluding hydrogens is 495 g/mol. The number of alkyl halides is 3. The van der Waals surface area contributed by atoms with Crippen molar-refractivity contribution in [2.24, 2.45) is 0 Å². The summed E-state index contributed by atoms with van der Waals surface area (Å²) in [7, 11) is 0. The van der Waals surface area contributed by atoms with Gasteiger partial charge in [-0.2, -0.15) is 0 Å². The zero-order valence-corrected chi connectivity index (χ0v) is 20.9. The van der Waals surface area contributed by atoms with E-state index in [-0.39, 0.29) is 30.4 Å². The Morgan fingerprint density at radius 2 is 1.69 bits per heavy atom. The van der Waals surface area contributed by atoms with Crippen molar-refractivity contribution in [1.29, 1.82) is 0 Å². The van der Waals surface area contributed by atoms with Gasteiger partial charge in [-0.3, -0.25) is 4.79 Å². The molecule has 36 heavy (non-hydrogen) atoms. The number of hydrogen-bond donors (Lipinski definition) is 1. The lowest BCUT2D eigenvalue weighted by atomic mass is 9.92. The largest absolute Gasteiger partial charge is 0.573 e. The first-order valence-corrected chi connectivity index (χ1v) is 12.6. The normalized spacial score (nSPS) is 20.8. The predicted octanol–water partition coefficient (Wildman–Crippen LogP) is 5.64. The van der Waals surface area contributed by atoms with E-state index in [9.17, 15) is 18.0 Å². The molecule has 1 N–H and O–H groups in total. The number of halogens is 4. The molecule has 0 unspecified atom stereocenters. The maximum absolute atomic E-state index is 12.7. The molecule has 6 nitrogen and oxygen atoms in total. The number of aryl methyl sites for hydroxylation is 1. The summed E-state index contributed by atoms with van der Waals surface area (Å²) in [6.45, 7) is 4.54. The number of benzene rings is 2. The zero-order chi connectivity index (χ0) is 25.7. The van der Waals surface area contributed by atoms with Crippen LogP contribution in [0.1, 0.15) is 31.2 Å². The fourth-order valence-corrected chi connectivity index (χ4v) is 4.86. The molecule has 2 aliphatic rings. The van der Waals surface area contributed by atoms with Crippen molar-refractivity contribution >= 4 is 28.9 Å². The number of rotatable bonds is 7. The van der Waals surface area contributed by atoms with E-state index >= 15 is 0 Å². The molecule has 10 heteroatoms. The highest BCUT2D eigenvalue weighted by atomic mass is 35.5.